The van der Waals surface area contributed by atoms with E-state index in [0.717, 1.165) is 30.8 Å². The molecular formula is C19H24ClN5O3S. The van der Waals surface area contributed by atoms with E-state index in [-0.39, 0.29) is 17.9 Å². The molecule has 29 heavy (non-hydrogen) atoms. The largest absolute Gasteiger partial charge is 0.385 e. The van der Waals surface area contributed by atoms with Crippen molar-refractivity contribution < 1.29 is 14.3 Å². The first kappa shape index (κ1) is 21.5. The number of nitrogens with one attached hydrogen (secondary N) is 2. The lowest BCUT2D eigenvalue weighted by molar-refractivity contribution is 0.102. The van der Waals surface area contributed by atoms with Crippen LogP contribution in [0.5, 0.6) is 0 Å². The Morgan fingerprint density at radius 2 is 2.10 bits per heavy atom. The highest BCUT2D eigenvalue weighted by molar-refractivity contribution is 7.13. The number of carbonyl (C=O) groups excluding carboxylic acids is 2. The van der Waals surface area contributed by atoms with Gasteiger partial charge in [-0.15, -0.1) is 10.2 Å². The molecule has 0 saturated carbocycles. The summed E-state index contributed by atoms with van der Waals surface area (Å²) in [4.78, 5) is 26.6. The number of hydrogen-bond acceptors (Lipinski definition) is 6. The second kappa shape index (κ2) is 10.5. The number of benzene rings is 1. The fourth-order valence-corrected chi connectivity index (χ4v) is 4.09. The van der Waals surface area contributed by atoms with Crippen LogP contribution in [-0.2, 0) is 4.74 Å². The third-order valence-corrected chi connectivity index (χ3v) is 5.93. The predicted molar refractivity (Wildman–Crippen MR) is 113 cm³/mol. The number of amides is 3. The van der Waals surface area contributed by atoms with Crippen LogP contribution in [0.3, 0.4) is 0 Å². The van der Waals surface area contributed by atoms with Crippen LogP contribution in [0.15, 0.2) is 24.3 Å². The van der Waals surface area contributed by atoms with Gasteiger partial charge >= 0.3 is 6.03 Å². The Kier molecular flexibility index (Phi) is 7.79. The number of ether oxygens (including phenoxy) is 1. The molecule has 1 aliphatic rings. The van der Waals surface area contributed by atoms with E-state index in [0.29, 0.717) is 35.4 Å². The van der Waals surface area contributed by atoms with Crippen molar-refractivity contribution in [1.29, 1.82) is 0 Å². The normalized spacial score (nSPS) is 16.5. The van der Waals surface area contributed by atoms with Crippen LogP contribution in [-0.4, -0.2) is 60.4 Å². The van der Waals surface area contributed by atoms with Crippen LogP contribution in [0.4, 0.5) is 10.5 Å². The van der Waals surface area contributed by atoms with E-state index < -0.39 is 0 Å². The molecule has 0 bridgehead atoms. The Labute approximate surface area is 178 Å². The SMILES string of the molecule is COCCCNC(=O)N1CCCC(c2nnc(C(=O)Nc3ccc(Cl)cc3)s2)C1. The average molecular weight is 438 g/mol. The minimum absolute atomic E-state index is 0.0731. The highest BCUT2D eigenvalue weighted by Crippen LogP contribution is 2.29. The summed E-state index contributed by atoms with van der Waals surface area (Å²) >= 11 is 7.13. The maximum atomic E-state index is 12.4. The van der Waals surface area contributed by atoms with Crippen molar-refractivity contribution in [2.24, 2.45) is 0 Å². The number of nitrogens with zero attached hydrogens (tertiary/aromatic N) is 3. The van der Waals surface area contributed by atoms with Gasteiger partial charge in [0.1, 0.15) is 5.01 Å². The Hall–Kier alpha value is -2.23. The van der Waals surface area contributed by atoms with Gasteiger partial charge in [0.25, 0.3) is 5.91 Å². The quantitative estimate of drug-likeness (QED) is 0.647. The maximum Gasteiger partial charge on any atom is 0.317 e. The molecule has 1 aromatic carbocycles. The number of hydrogen-bond donors (Lipinski definition) is 2. The molecular weight excluding hydrogens is 414 g/mol. The molecule has 10 heteroatoms. The second-order valence-corrected chi connectivity index (χ2v) is 8.22. The lowest BCUT2D eigenvalue weighted by Crippen LogP contribution is -2.45. The molecule has 8 nitrogen and oxygen atoms in total. The van der Waals surface area contributed by atoms with Gasteiger partial charge in [0.15, 0.2) is 0 Å². The zero-order chi connectivity index (χ0) is 20.6. The maximum absolute atomic E-state index is 12.4. The number of halogens is 1. The smallest absolute Gasteiger partial charge is 0.317 e. The molecule has 2 heterocycles. The number of rotatable bonds is 7. The number of methoxy groups -OCH3 is 1. The van der Waals surface area contributed by atoms with Crippen molar-refractivity contribution in [1.82, 2.24) is 20.4 Å². The summed E-state index contributed by atoms with van der Waals surface area (Å²) in [6, 6.07) is 6.80. The molecule has 1 unspecified atom stereocenters. The molecule has 1 fully saturated rings. The van der Waals surface area contributed by atoms with Crippen LogP contribution in [0, 0.1) is 0 Å². The molecule has 0 aliphatic carbocycles. The minimum atomic E-state index is -0.306. The monoisotopic (exact) mass is 437 g/mol. The summed E-state index contributed by atoms with van der Waals surface area (Å²) in [7, 11) is 1.64. The summed E-state index contributed by atoms with van der Waals surface area (Å²) in [6.45, 7) is 2.50. The molecule has 156 valence electrons. The van der Waals surface area contributed by atoms with Gasteiger partial charge in [0.05, 0.1) is 0 Å². The van der Waals surface area contributed by atoms with Gasteiger partial charge in [0.2, 0.25) is 5.01 Å². The number of piperidine rings is 1. The van der Waals surface area contributed by atoms with Crippen LogP contribution >= 0.6 is 22.9 Å². The van der Waals surface area contributed by atoms with Crippen molar-refractivity contribution in [3.8, 4) is 0 Å². The molecule has 1 atom stereocenters. The van der Waals surface area contributed by atoms with Crippen molar-refractivity contribution in [2.45, 2.75) is 25.2 Å². The van der Waals surface area contributed by atoms with Gasteiger partial charge in [-0.25, -0.2) is 4.79 Å². The van der Waals surface area contributed by atoms with E-state index >= 15 is 0 Å². The standard InChI is InChI=1S/C19H24ClN5O3S/c1-28-11-3-9-21-19(27)25-10-2-4-13(12-25)17-23-24-18(29-17)16(26)22-15-7-5-14(20)6-8-15/h5-8,13H,2-4,9-12H2,1H3,(H,21,27)(H,22,26). The molecule has 0 spiro atoms. The number of anilines is 1. The number of urea groups is 1. The van der Waals surface area contributed by atoms with E-state index in [1.54, 1.807) is 36.3 Å². The molecule has 1 aromatic heterocycles. The van der Waals surface area contributed by atoms with Crippen molar-refractivity contribution in [3.05, 3.63) is 39.3 Å². The van der Waals surface area contributed by atoms with Crippen molar-refractivity contribution in [2.75, 3.05) is 38.7 Å². The first-order valence-electron chi connectivity index (χ1n) is 9.49. The van der Waals surface area contributed by atoms with Gasteiger partial charge in [-0.1, -0.05) is 22.9 Å². The van der Waals surface area contributed by atoms with Gasteiger partial charge in [-0.3, -0.25) is 4.79 Å². The number of carbonyl (C=O) groups is 2. The Morgan fingerprint density at radius 3 is 2.86 bits per heavy atom. The topological polar surface area (TPSA) is 96.4 Å². The summed E-state index contributed by atoms with van der Waals surface area (Å²) < 4.78 is 4.99. The summed E-state index contributed by atoms with van der Waals surface area (Å²) in [6.07, 6.45) is 2.59. The highest BCUT2D eigenvalue weighted by atomic mass is 35.5. The van der Waals surface area contributed by atoms with Crippen LogP contribution < -0.4 is 10.6 Å². The molecule has 2 aromatic rings. The Morgan fingerprint density at radius 1 is 1.31 bits per heavy atom. The average Bonchev–Trinajstić information content (AvgIpc) is 3.23. The van der Waals surface area contributed by atoms with E-state index in [4.69, 9.17) is 16.3 Å². The fraction of sp³-hybridized carbons (Fsp3) is 0.474. The van der Waals surface area contributed by atoms with E-state index in [2.05, 4.69) is 20.8 Å². The summed E-state index contributed by atoms with van der Waals surface area (Å²) in [5.74, 6) is -0.220. The zero-order valence-electron chi connectivity index (χ0n) is 16.2. The lowest BCUT2D eigenvalue weighted by Gasteiger charge is -2.31. The Balaban J connectivity index is 1.55. The number of likely N-dealkylation sites (tertiary alicyclic amines) is 1. The molecule has 0 radical (unpaired) electrons. The van der Waals surface area contributed by atoms with Crippen LogP contribution in [0.1, 0.15) is 40.0 Å². The minimum Gasteiger partial charge on any atom is -0.385 e. The first-order chi connectivity index (χ1) is 14.1. The highest BCUT2D eigenvalue weighted by Gasteiger charge is 2.28. The zero-order valence-corrected chi connectivity index (χ0v) is 17.8. The van der Waals surface area contributed by atoms with Crippen molar-refractivity contribution >= 4 is 40.6 Å². The van der Waals surface area contributed by atoms with Gasteiger partial charge in [-0.05, 0) is 43.5 Å². The van der Waals surface area contributed by atoms with Gasteiger partial charge in [-0.2, -0.15) is 0 Å². The van der Waals surface area contributed by atoms with Crippen LogP contribution in [0.2, 0.25) is 5.02 Å². The van der Waals surface area contributed by atoms with Gasteiger partial charge in [0, 0.05) is 50.0 Å². The first-order valence-corrected chi connectivity index (χ1v) is 10.7. The molecule has 3 amide bonds. The van der Waals surface area contributed by atoms with E-state index in [1.807, 2.05) is 0 Å². The fourth-order valence-electron chi connectivity index (χ4n) is 3.10. The number of aromatic nitrogens is 2. The molecule has 2 N–H and O–H groups in total. The van der Waals surface area contributed by atoms with Crippen molar-refractivity contribution in [3.63, 3.8) is 0 Å². The lowest BCUT2D eigenvalue weighted by atomic mass is 9.99. The molecule has 1 aliphatic heterocycles. The van der Waals surface area contributed by atoms with Crippen LogP contribution in [0.25, 0.3) is 0 Å². The molecule has 3 rings (SSSR count). The molecule has 1 saturated heterocycles. The Bertz CT molecular complexity index is 830. The third-order valence-electron chi connectivity index (χ3n) is 4.60. The summed E-state index contributed by atoms with van der Waals surface area (Å²) in [5.41, 5.74) is 0.644. The predicted octanol–water partition coefficient (Wildman–Crippen LogP) is 3.37. The van der Waals surface area contributed by atoms with E-state index in [9.17, 15) is 9.59 Å². The summed E-state index contributed by atoms with van der Waals surface area (Å²) in [5, 5.41) is 15.6. The van der Waals surface area contributed by atoms with Gasteiger partial charge < -0.3 is 20.3 Å². The second-order valence-electron chi connectivity index (χ2n) is 6.77. The third kappa shape index (κ3) is 6.12. The van der Waals surface area contributed by atoms with E-state index in [1.165, 1.54) is 11.3 Å².